The number of phenols is 1. The molecule has 3 nitrogen and oxygen atoms in total. The van der Waals surface area contributed by atoms with Crippen LogP contribution in [0.2, 0.25) is 0 Å². The van der Waals surface area contributed by atoms with Gasteiger partial charge in [0, 0.05) is 23.1 Å². The Hall–Kier alpha value is -1.48. The molecule has 2 aromatic rings. The molecule has 0 saturated heterocycles. The molecule has 0 aliphatic carbocycles. The minimum Gasteiger partial charge on any atom is -0.507 e. The zero-order valence-corrected chi connectivity index (χ0v) is 8.17. The standard InChI is InChI=1S/C11H14N2O/c1-2-12-7-8-6-9-10(13-8)4-3-5-11(9)14/h3-6,12-14H,2,7H2,1H3. The Balaban J connectivity index is 2.36. The highest BCUT2D eigenvalue weighted by molar-refractivity contribution is 5.86. The van der Waals surface area contributed by atoms with Gasteiger partial charge in [-0.2, -0.15) is 0 Å². The summed E-state index contributed by atoms with van der Waals surface area (Å²) in [6.45, 7) is 3.83. The van der Waals surface area contributed by atoms with Crippen LogP contribution >= 0.6 is 0 Å². The van der Waals surface area contributed by atoms with Crippen LogP contribution < -0.4 is 5.32 Å². The summed E-state index contributed by atoms with van der Waals surface area (Å²) in [6.07, 6.45) is 0. The number of fused-ring (bicyclic) bond motifs is 1. The molecule has 0 fully saturated rings. The van der Waals surface area contributed by atoms with E-state index in [9.17, 15) is 5.11 Å². The third kappa shape index (κ3) is 1.59. The van der Waals surface area contributed by atoms with Gasteiger partial charge in [-0.15, -0.1) is 0 Å². The lowest BCUT2D eigenvalue weighted by molar-refractivity contribution is 0.481. The van der Waals surface area contributed by atoms with E-state index in [4.69, 9.17) is 0 Å². The van der Waals surface area contributed by atoms with Gasteiger partial charge < -0.3 is 15.4 Å². The number of nitrogens with one attached hydrogen (secondary N) is 2. The number of benzene rings is 1. The van der Waals surface area contributed by atoms with Crippen LogP contribution in [0.4, 0.5) is 0 Å². The monoisotopic (exact) mass is 190 g/mol. The summed E-state index contributed by atoms with van der Waals surface area (Å²) in [6, 6.07) is 7.48. The first kappa shape index (κ1) is 9.09. The molecule has 0 bridgehead atoms. The van der Waals surface area contributed by atoms with Gasteiger partial charge in [-0.05, 0) is 24.7 Å². The number of phenolic OH excluding ortho intramolecular Hbond substituents is 1. The summed E-state index contributed by atoms with van der Waals surface area (Å²) in [7, 11) is 0. The minimum atomic E-state index is 0.335. The second kappa shape index (κ2) is 3.72. The van der Waals surface area contributed by atoms with Gasteiger partial charge in [0.15, 0.2) is 0 Å². The lowest BCUT2D eigenvalue weighted by Crippen LogP contribution is -2.11. The van der Waals surface area contributed by atoms with Crippen LogP contribution in [0.5, 0.6) is 5.75 Å². The Kier molecular flexibility index (Phi) is 2.41. The molecule has 0 saturated carbocycles. The van der Waals surface area contributed by atoms with Gasteiger partial charge in [-0.3, -0.25) is 0 Å². The SMILES string of the molecule is CCNCc1cc2c(O)cccc2[nH]1. The number of H-pyrrole nitrogens is 1. The highest BCUT2D eigenvalue weighted by Gasteiger charge is 2.03. The average molecular weight is 190 g/mol. The van der Waals surface area contributed by atoms with Crippen molar-refractivity contribution in [2.24, 2.45) is 0 Å². The van der Waals surface area contributed by atoms with Crippen molar-refractivity contribution in [3.05, 3.63) is 30.0 Å². The predicted molar refractivity (Wildman–Crippen MR) is 57.3 cm³/mol. The molecular formula is C11H14N2O. The van der Waals surface area contributed by atoms with E-state index in [-0.39, 0.29) is 0 Å². The van der Waals surface area contributed by atoms with Crippen molar-refractivity contribution >= 4 is 10.9 Å². The van der Waals surface area contributed by atoms with Crippen molar-refractivity contribution in [3.8, 4) is 5.75 Å². The number of rotatable bonds is 3. The number of hydrogen-bond acceptors (Lipinski definition) is 2. The lowest BCUT2D eigenvalue weighted by atomic mass is 10.2. The molecule has 0 aliphatic rings. The fourth-order valence-corrected chi connectivity index (χ4v) is 1.55. The van der Waals surface area contributed by atoms with Crippen LogP contribution in [0.1, 0.15) is 12.6 Å². The van der Waals surface area contributed by atoms with E-state index >= 15 is 0 Å². The number of hydrogen-bond donors (Lipinski definition) is 3. The Morgan fingerprint density at radius 3 is 3.00 bits per heavy atom. The van der Waals surface area contributed by atoms with E-state index in [1.54, 1.807) is 6.07 Å². The van der Waals surface area contributed by atoms with E-state index in [1.165, 1.54) is 0 Å². The van der Waals surface area contributed by atoms with E-state index in [2.05, 4.69) is 17.2 Å². The quantitative estimate of drug-likeness (QED) is 0.693. The largest absolute Gasteiger partial charge is 0.507 e. The third-order valence-electron chi connectivity index (χ3n) is 2.26. The van der Waals surface area contributed by atoms with Crippen molar-refractivity contribution in [2.75, 3.05) is 6.54 Å². The third-order valence-corrected chi connectivity index (χ3v) is 2.26. The summed E-state index contributed by atoms with van der Waals surface area (Å²) < 4.78 is 0. The molecule has 0 atom stereocenters. The van der Waals surface area contributed by atoms with Crippen molar-refractivity contribution in [2.45, 2.75) is 13.5 Å². The van der Waals surface area contributed by atoms with E-state index in [0.29, 0.717) is 5.75 Å². The molecule has 2 rings (SSSR count). The predicted octanol–water partition coefficient (Wildman–Crippen LogP) is 1.98. The van der Waals surface area contributed by atoms with Crippen LogP contribution in [-0.2, 0) is 6.54 Å². The molecule has 14 heavy (non-hydrogen) atoms. The maximum absolute atomic E-state index is 9.57. The average Bonchev–Trinajstić information content (AvgIpc) is 2.59. The first-order valence-electron chi connectivity index (χ1n) is 4.81. The first-order chi connectivity index (χ1) is 6.81. The number of aromatic nitrogens is 1. The molecule has 0 spiro atoms. The van der Waals surface area contributed by atoms with Crippen molar-refractivity contribution in [3.63, 3.8) is 0 Å². The zero-order chi connectivity index (χ0) is 9.97. The Morgan fingerprint density at radius 2 is 2.29 bits per heavy atom. The topological polar surface area (TPSA) is 48.0 Å². The highest BCUT2D eigenvalue weighted by Crippen LogP contribution is 2.24. The summed E-state index contributed by atoms with van der Waals surface area (Å²) in [4.78, 5) is 3.25. The second-order valence-corrected chi connectivity index (χ2v) is 3.31. The smallest absolute Gasteiger partial charge is 0.124 e. The Morgan fingerprint density at radius 1 is 1.43 bits per heavy atom. The van der Waals surface area contributed by atoms with E-state index in [1.807, 2.05) is 18.2 Å². The van der Waals surface area contributed by atoms with E-state index in [0.717, 1.165) is 29.7 Å². The van der Waals surface area contributed by atoms with Crippen molar-refractivity contribution in [1.29, 1.82) is 0 Å². The van der Waals surface area contributed by atoms with Crippen LogP contribution in [0, 0.1) is 0 Å². The molecule has 1 heterocycles. The van der Waals surface area contributed by atoms with Crippen molar-refractivity contribution < 1.29 is 5.11 Å². The van der Waals surface area contributed by atoms with E-state index < -0.39 is 0 Å². The Bertz CT molecular complexity index is 434. The van der Waals surface area contributed by atoms with Crippen molar-refractivity contribution in [1.82, 2.24) is 10.3 Å². The van der Waals surface area contributed by atoms with Gasteiger partial charge in [0.1, 0.15) is 5.75 Å². The molecule has 0 aliphatic heterocycles. The van der Waals surface area contributed by atoms with Crippen LogP contribution in [-0.4, -0.2) is 16.6 Å². The molecule has 1 aromatic carbocycles. The van der Waals surface area contributed by atoms with Crippen LogP contribution in [0.15, 0.2) is 24.3 Å². The van der Waals surface area contributed by atoms with Gasteiger partial charge in [0.05, 0.1) is 0 Å². The van der Waals surface area contributed by atoms with Crippen LogP contribution in [0.25, 0.3) is 10.9 Å². The fourth-order valence-electron chi connectivity index (χ4n) is 1.55. The van der Waals surface area contributed by atoms with Gasteiger partial charge in [0.2, 0.25) is 0 Å². The first-order valence-corrected chi connectivity index (χ1v) is 4.81. The van der Waals surface area contributed by atoms with Gasteiger partial charge in [0.25, 0.3) is 0 Å². The highest BCUT2D eigenvalue weighted by atomic mass is 16.3. The Labute approximate surface area is 82.8 Å². The fraction of sp³-hybridized carbons (Fsp3) is 0.273. The maximum atomic E-state index is 9.57. The molecular weight excluding hydrogens is 176 g/mol. The van der Waals surface area contributed by atoms with Gasteiger partial charge >= 0.3 is 0 Å². The lowest BCUT2D eigenvalue weighted by Gasteiger charge is -1.96. The molecule has 0 unspecified atom stereocenters. The van der Waals surface area contributed by atoms with Gasteiger partial charge in [-0.1, -0.05) is 13.0 Å². The maximum Gasteiger partial charge on any atom is 0.124 e. The minimum absolute atomic E-state index is 0.335. The molecule has 0 radical (unpaired) electrons. The molecule has 3 heteroatoms. The number of aromatic hydroxyl groups is 1. The van der Waals surface area contributed by atoms with Gasteiger partial charge in [-0.25, -0.2) is 0 Å². The summed E-state index contributed by atoms with van der Waals surface area (Å²) >= 11 is 0. The molecule has 3 N–H and O–H groups in total. The molecule has 74 valence electrons. The number of aromatic amines is 1. The zero-order valence-electron chi connectivity index (χ0n) is 8.17. The summed E-state index contributed by atoms with van der Waals surface area (Å²) in [5, 5.41) is 13.7. The molecule has 1 aromatic heterocycles. The van der Waals surface area contributed by atoms with Crippen LogP contribution in [0.3, 0.4) is 0 Å². The summed E-state index contributed by atoms with van der Waals surface area (Å²) in [5.41, 5.74) is 2.08. The normalized spacial score (nSPS) is 10.9. The second-order valence-electron chi connectivity index (χ2n) is 3.31. The molecule has 0 amide bonds. The summed E-state index contributed by atoms with van der Waals surface area (Å²) in [5.74, 6) is 0.335.